The third-order valence-corrected chi connectivity index (χ3v) is 3.61. The van der Waals surface area contributed by atoms with Crippen LogP contribution in [0.3, 0.4) is 0 Å². The van der Waals surface area contributed by atoms with Gasteiger partial charge >= 0.3 is 5.97 Å². The average Bonchev–Trinajstić information content (AvgIpc) is 2.88. The lowest BCUT2D eigenvalue weighted by Crippen LogP contribution is -2.50. The maximum atomic E-state index is 12.2. The number of carbonyl (C=O) groups excluding carboxylic acids is 1. The zero-order chi connectivity index (χ0) is 14.9. The number of aromatic nitrogens is 1. The number of likely N-dealkylation sites (tertiary alicyclic amines) is 1. The Morgan fingerprint density at radius 3 is 2.45 bits per heavy atom. The highest BCUT2D eigenvalue weighted by Gasteiger charge is 2.41. The van der Waals surface area contributed by atoms with Crippen molar-refractivity contribution in [3.05, 3.63) is 17.5 Å². The summed E-state index contributed by atoms with van der Waals surface area (Å²) in [4.78, 5) is 24.6. The van der Waals surface area contributed by atoms with Gasteiger partial charge in [-0.3, -0.25) is 4.79 Å². The number of carbonyl (C=O) groups is 2. The standard InChI is InChI=1S/C13H18N2O5/c1-8(2)9-7-10(20-14-9)11(16)15-5-3-13(19,4-6-15)12(17)18/h7-8,19H,3-6H2,1-2H3,(H,17,18). The highest BCUT2D eigenvalue weighted by molar-refractivity contribution is 5.91. The summed E-state index contributed by atoms with van der Waals surface area (Å²) >= 11 is 0. The van der Waals surface area contributed by atoms with E-state index in [0.29, 0.717) is 5.69 Å². The van der Waals surface area contributed by atoms with Crippen LogP contribution in [0.4, 0.5) is 0 Å². The molecule has 2 N–H and O–H groups in total. The molecule has 1 aliphatic rings. The summed E-state index contributed by atoms with van der Waals surface area (Å²) in [5.74, 6) is -1.25. The number of aliphatic carboxylic acids is 1. The number of rotatable bonds is 3. The highest BCUT2D eigenvalue weighted by Crippen LogP contribution is 2.24. The lowest BCUT2D eigenvalue weighted by atomic mass is 9.91. The molecule has 0 aliphatic carbocycles. The summed E-state index contributed by atoms with van der Waals surface area (Å²) in [7, 11) is 0. The van der Waals surface area contributed by atoms with Crippen LogP contribution in [0.25, 0.3) is 0 Å². The van der Waals surface area contributed by atoms with Crippen LogP contribution < -0.4 is 0 Å². The van der Waals surface area contributed by atoms with Crippen molar-refractivity contribution < 1.29 is 24.3 Å². The van der Waals surface area contributed by atoms with Crippen molar-refractivity contribution in [1.29, 1.82) is 0 Å². The van der Waals surface area contributed by atoms with Crippen molar-refractivity contribution >= 4 is 11.9 Å². The Bertz CT molecular complexity index is 515. The smallest absolute Gasteiger partial charge is 0.335 e. The van der Waals surface area contributed by atoms with Gasteiger partial charge in [-0.1, -0.05) is 19.0 Å². The van der Waals surface area contributed by atoms with Gasteiger partial charge in [0.05, 0.1) is 5.69 Å². The van der Waals surface area contributed by atoms with Gasteiger partial charge in [0.15, 0.2) is 5.60 Å². The van der Waals surface area contributed by atoms with E-state index in [-0.39, 0.29) is 43.5 Å². The van der Waals surface area contributed by atoms with Gasteiger partial charge in [-0.2, -0.15) is 0 Å². The molecule has 1 amide bonds. The molecule has 110 valence electrons. The minimum absolute atomic E-state index is 0.0131. The van der Waals surface area contributed by atoms with Crippen molar-refractivity contribution in [2.24, 2.45) is 0 Å². The maximum absolute atomic E-state index is 12.2. The van der Waals surface area contributed by atoms with Crippen molar-refractivity contribution in [3.8, 4) is 0 Å². The molecule has 0 atom stereocenters. The van der Waals surface area contributed by atoms with Gasteiger partial charge in [-0.05, 0) is 5.92 Å². The van der Waals surface area contributed by atoms with Gasteiger partial charge in [-0.25, -0.2) is 4.79 Å². The SMILES string of the molecule is CC(C)c1cc(C(=O)N2CCC(O)(C(=O)O)CC2)on1. The first kappa shape index (κ1) is 14.5. The summed E-state index contributed by atoms with van der Waals surface area (Å²) in [6.45, 7) is 4.25. The molecule has 0 spiro atoms. The van der Waals surface area contributed by atoms with Gasteiger partial charge in [0.2, 0.25) is 5.76 Å². The summed E-state index contributed by atoms with van der Waals surface area (Å²) < 4.78 is 5.02. The molecule has 0 radical (unpaired) electrons. The summed E-state index contributed by atoms with van der Waals surface area (Å²) in [6.07, 6.45) is 0.0263. The van der Waals surface area contributed by atoms with E-state index < -0.39 is 11.6 Å². The van der Waals surface area contributed by atoms with E-state index in [1.807, 2.05) is 13.8 Å². The monoisotopic (exact) mass is 282 g/mol. The van der Waals surface area contributed by atoms with E-state index in [0.717, 1.165) is 0 Å². The van der Waals surface area contributed by atoms with E-state index in [2.05, 4.69) is 5.16 Å². The number of carboxylic acids is 1. The molecule has 20 heavy (non-hydrogen) atoms. The van der Waals surface area contributed by atoms with Gasteiger partial charge in [0.25, 0.3) is 5.91 Å². The Hall–Kier alpha value is -1.89. The van der Waals surface area contributed by atoms with Crippen LogP contribution >= 0.6 is 0 Å². The zero-order valence-electron chi connectivity index (χ0n) is 11.5. The summed E-state index contributed by atoms with van der Waals surface area (Å²) in [6, 6.07) is 1.60. The Morgan fingerprint density at radius 2 is 2.00 bits per heavy atom. The first-order chi connectivity index (χ1) is 9.33. The molecule has 1 saturated heterocycles. The van der Waals surface area contributed by atoms with Crippen molar-refractivity contribution in [1.82, 2.24) is 10.1 Å². The predicted octanol–water partition coefficient (Wildman–Crippen LogP) is 0.850. The number of aliphatic hydroxyl groups is 1. The molecule has 1 fully saturated rings. The minimum atomic E-state index is -1.73. The number of piperidine rings is 1. The third-order valence-electron chi connectivity index (χ3n) is 3.61. The summed E-state index contributed by atoms with van der Waals surface area (Å²) in [5, 5.41) is 22.6. The predicted molar refractivity (Wildman–Crippen MR) is 68.3 cm³/mol. The molecule has 7 nitrogen and oxygen atoms in total. The molecule has 2 rings (SSSR count). The van der Waals surface area contributed by atoms with Gasteiger partial charge in [0.1, 0.15) is 0 Å². The minimum Gasteiger partial charge on any atom is -0.479 e. The van der Waals surface area contributed by atoms with E-state index in [9.17, 15) is 14.7 Å². The van der Waals surface area contributed by atoms with Crippen LogP contribution in [0.2, 0.25) is 0 Å². The van der Waals surface area contributed by atoms with Gasteiger partial charge in [-0.15, -0.1) is 0 Å². The van der Waals surface area contributed by atoms with Crippen LogP contribution in [0.5, 0.6) is 0 Å². The van der Waals surface area contributed by atoms with E-state index in [4.69, 9.17) is 9.63 Å². The Kier molecular flexibility index (Phi) is 3.80. The highest BCUT2D eigenvalue weighted by atomic mass is 16.5. The topological polar surface area (TPSA) is 104 Å². The van der Waals surface area contributed by atoms with E-state index in [1.54, 1.807) is 6.07 Å². The lowest BCUT2D eigenvalue weighted by molar-refractivity contribution is -0.162. The fourth-order valence-electron chi connectivity index (χ4n) is 2.11. The second-order valence-electron chi connectivity index (χ2n) is 5.40. The fraction of sp³-hybridized carbons (Fsp3) is 0.615. The second-order valence-corrected chi connectivity index (χ2v) is 5.40. The van der Waals surface area contributed by atoms with Crippen molar-refractivity contribution in [2.45, 2.75) is 38.2 Å². The van der Waals surface area contributed by atoms with E-state index >= 15 is 0 Å². The molecular weight excluding hydrogens is 264 g/mol. The van der Waals surface area contributed by atoms with Gasteiger partial charge < -0.3 is 19.6 Å². The van der Waals surface area contributed by atoms with Crippen molar-refractivity contribution in [3.63, 3.8) is 0 Å². The number of amides is 1. The summed E-state index contributed by atoms with van der Waals surface area (Å²) in [5.41, 5.74) is -1.03. The first-order valence-electron chi connectivity index (χ1n) is 6.55. The van der Waals surface area contributed by atoms with Crippen LogP contribution in [0.15, 0.2) is 10.6 Å². The Labute approximate surface area is 116 Å². The normalized spacial score (nSPS) is 18.3. The van der Waals surface area contributed by atoms with Gasteiger partial charge in [0, 0.05) is 32.0 Å². The molecule has 7 heteroatoms. The molecule has 0 aromatic carbocycles. The third kappa shape index (κ3) is 2.67. The van der Waals surface area contributed by atoms with Crippen LogP contribution in [-0.4, -0.2) is 50.8 Å². The number of nitrogens with zero attached hydrogens (tertiary/aromatic N) is 2. The first-order valence-corrected chi connectivity index (χ1v) is 6.55. The molecule has 1 aromatic heterocycles. The maximum Gasteiger partial charge on any atom is 0.335 e. The van der Waals surface area contributed by atoms with Crippen LogP contribution in [-0.2, 0) is 4.79 Å². The lowest BCUT2D eigenvalue weighted by Gasteiger charge is -2.34. The largest absolute Gasteiger partial charge is 0.479 e. The number of hydrogen-bond donors (Lipinski definition) is 2. The molecule has 2 heterocycles. The fourth-order valence-corrected chi connectivity index (χ4v) is 2.11. The van der Waals surface area contributed by atoms with E-state index in [1.165, 1.54) is 4.90 Å². The molecule has 0 bridgehead atoms. The number of hydrogen-bond acceptors (Lipinski definition) is 5. The molecule has 0 saturated carbocycles. The molecule has 1 aromatic rings. The molecule has 0 unspecified atom stereocenters. The second kappa shape index (κ2) is 5.24. The number of carboxylic acid groups (broad SMARTS) is 1. The quantitative estimate of drug-likeness (QED) is 0.851. The van der Waals surface area contributed by atoms with Crippen molar-refractivity contribution in [2.75, 3.05) is 13.1 Å². The molecule has 1 aliphatic heterocycles. The zero-order valence-corrected chi connectivity index (χ0v) is 11.5. The average molecular weight is 282 g/mol. The van der Waals surface area contributed by atoms with Crippen LogP contribution in [0.1, 0.15) is 48.9 Å². The Morgan fingerprint density at radius 1 is 1.40 bits per heavy atom. The molecular formula is C13H18N2O5. The Balaban J connectivity index is 2.03. The van der Waals surface area contributed by atoms with Crippen LogP contribution in [0, 0.1) is 0 Å².